The lowest BCUT2D eigenvalue weighted by Gasteiger charge is -2.35. The molecule has 1 aromatic heterocycles. The molecule has 2 aromatic rings. The molecular formula is C21H26FN3O3S. The second-order valence-corrected chi connectivity index (χ2v) is 8.20. The molecule has 1 aliphatic heterocycles. The van der Waals surface area contributed by atoms with Crippen molar-refractivity contribution in [3.05, 3.63) is 46.1 Å². The van der Waals surface area contributed by atoms with Crippen LogP contribution in [-0.4, -0.2) is 56.6 Å². The predicted octanol–water partition coefficient (Wildman–Crippen LogP) is 3.31. The number of aryl methyl sites for hydroxylation is 1. The summed E-state index contributed by atoms with van der Waals surface area (Å²) < 4.78 is 18.0. The van der Waals surface area contributed by atoms with Gasteiger partial charge in [-0.2, -0.15) is 0 Å². The maximum absolute atomic E-state index is 13.1. The number of hydrogen-bond donors (Lipinski definition) is 1. The normalized spacial score (nSPS) is 14.7. The number of halogens is 1. The van der Waals surface area contributed by atoms with Gasteiger partial charge in [0.05, 0.1) is 19.2 Å². The van der Waals surface area contributed by atoms with Crippen LogP contribution in [0.3, 0.4) is 0 Å². The molecule has 8 heteroatoms. The average molecular weight is 420 g/mol. The maximum Gasteiger partial charge on any atom is 0.341 e. The summed E-state index contributed by atoms with van der Waals surface area (Å²) in [5, 5.41) is 3.46. The van der Waals surface area contributed by atoms with E-state index in [-0.39, 0.29) is 18.3 Å². The number of nitrogens with zero attached hydrogens (tertiary/aromatic N) is 2. The third-order valence-electron chi connectivity index (χ3n) is 5.14. The van der Waals surface area contributed by atoms with Crippen LogP contribution in [0, 0.1) is 12.7 Å². The molecule has 0 bridgehead atoms. The zero-order chi connectivity index (χ0) is 21.0. The summed E-state index contributed by atoms with van der Waals surface area (Å²) in [6, 6.07) is 6.47. The molecule has 0 saturated carbocycles. The van der Waals surface area contributed by atoms with Gasteiger partial charge < -0.3 is 15.0 Å². The Labute approximate surface area is 174 Å². The maximum atomic E-state index is 13.1. The fourth-order valence-corrected chi connectivity index (χ4v) is 4.75. The standard InChI is InChI=1S/C21H26FN3O3S/c1-4-17-14(2)29-20(19(17)21(27)28-3)23-18(26)13-24-9-11-25(12-10-24)16-7-5-15(22)6-8-16/h5-8H,4,9-13H2,1-3H3,(H,23,26). The van der Waals surface area contributed by atoms with Crippen molar-refractivity contribution < 1.29 is 18.7 Å². The number of nitrogens with one attached hydrogen (secondary N) is 1. The molecule has 1 amide bonds. The number of anilines is 2. The Bertz CT molecular complexity index is 874. The molecule has 0 radical (unpaired) electrons. The van der Waals surface area contributed by atoms with Crippen LogP contribution in [0.2, 0.25) is 0 Å². The summed E-state index contributed by atoms with van der Waals surface area (Å²) in [5.41, 5.74) is 2.37. The minimum absolute atomic E-state index is 0.144. The molecule has 6 nitrogen and oxygen atoms in total. The number of thiophene rings is 1. The summed E-state index contributed by atoms with van der Waals surface area (Å²) in [5.74, 6) is -0.811. The Balaban J connectivity index is 1.58. The Morgan fingerprint density at radius 1 is 1.17 bits per heavy atom. The number of ether oxygens (including phenoxy) is 1. The number of rotatable bonds is 6. The third kappa shape index (κ3) is 4.94. The van der Waals surface area contributed by atoms with Gasteiger partial charge in [-0.25, -0.2) is 9.18 Å². The number of esters is 1. The summed E-state index contributed by atoms with van der Waals surface area (Å²) >= 11 is 1.41. The number of amides is 1. The highest BCUT2D eigenvalue weighted by Gasteiger charge is 2.24. The van der Waals surface area contributed by atoms with E-state index in [9.17, 15) is 14.0 Å². The van der Waals surface area contributed by atoms with Crippen LogP contribution >= 0.6 is 11.3 Å². The molecule has 0 unspecified atom stereocenters. The van der Waals surface area contributed by atoms with E-state index in [1.165, 1.54) is 30.6 Å². The summed E-state index contributed by atoms with van der Waals surface area (Å²) in [4.78, 5) is 30.0. The van der Waals surface area contributed by atoms with Crippen molar-refractivity contribution in [1.82, 2.24) is 4.90 Å². The Kier molecular flexibility index (Phi) is 6.87. The molecule has 3 rings (SSSR count). The van der Waals surface area contributed by atoms with Crippen molar-refractivity contribution in [2.24, 2.45) is 0 Å². The molecule has 156 valence electrons. The fraction of sp³-hybridized carbons (Fsp3) is 0.429. The van der Waals surface area contributed by atoms with Crippen molar-refractivity contribution in [3.8, 4) is 0 Å². The quantitative estimate of drug-likeness (QED) is 0.728. The summed E-state index contributed by atoms with van der Waals surface area (Å²) in [6.07, 6.45) is 0.702. The van der Waals surface area contributed by atoms with Gasteiger partial charge in [0.2, 0.25) is 5.91 Å². The zero-order valence-corrected chi connectivity index (χ0v) is 17.8. The minimum Gasteiger partial charge on any atom is -0.465 e. The van der Waals surface area contributed by atoms with E-state index in [0.29, 0.717) is 17.0 Å². The minimum atomic E-state index is -0.422. The van der Waals surface area contributed by atoms with Crippen molar-refractivity contribution in [2.75, 3.05) is 50.1 Å². The van der Waals surface area contributed by atoms with Crippen LogP contribution in [0.5, 0.6) is 0 Å². The van der Waals surface area contributed by atoms with Gasteiger partial charge in [-0.3, -0.25) is 9.69 Å². The van der Waals surface area contributed by atoms with Gasteiger partial charge in [-0.1, -0.05) is 6.92 Å². The van der Waals surface area contributed by atoms with E-state index in [0.717, 1.165) is 42.3 Å². The Morgan fingerprint density at radius 2 is 1.83 bits per heavy atom. The van der Waals surface area contributed by atoms with E-state index in [1.54, 1.807) is 12.1 Å². The predicted molar refractivity (Wildman–Crippen MR) is 113 cm³/mol. The topological polar surface area (TPSA) is 61.9 Å². The van der Waals surface area contributed by atoms with Gasteiger partial charge in [0, 0.05) is 36.7 Å². The zero-order valence-electron chi connectivity index (χ0n) is 17.0. The lowest BCUT2D eigenvalue weighted by molar-refractivity contribution is -0.117. The van der Waals surface area contributed by atoms with Crippen LogP contribution < -0.4 is 10.2 Å². The molecule has 2 heterocycles. The third-order valence-corrected chi connectivity index (χ3v) is 6.20. The molecule has 1 fully saturated rings. The van der Waals surface area contributed by atoms with Crippen molar-refractivity contribution in [2.45, 2.75) is 20.3 Å². The first kappa shape index (κ1) is 21.3. The SMILES string of the molecule is CCc1c(C)sc(NC(=O)CN2CCN(c3ccc(F)cc3)CC2)c1C(=O)OC. The summed E-state index contributed by atoms with van der Waals surface area (Å²) in [7, 11) is 1.35. The highest BCUT2D eigenvalue weighted by Crippen LogP contribution is 2.34. The molecule has 0 spiro atoms. The van der Waals surface area contributed by atoms with Crippen LogP contribution in [-0.2, 0) is 16.0 Å². The highest BCUT2D eigenvalue weighted by atomic mass is 32.1. The smallest absolute Gasteiger partial charge is 0.341 e. The van der Waals surface area contributed by atoms with E-state index in [2.05, 4.69) is 15.1 Å². The molecule has 0 aliphatic carbocycles. The van der Waals surface area contributed by atoms with Gasteiger partial charge in [-0.05, 0) is 43.2 Å². The second-order valence-electron chi connectivity index (χ2n) is 6.97. The lowest BCUT2D eigenvalue weighted by atomic mass is 10.1. The van der Waals surface area contributed by atoms with Gasteiger partial charge in [-0.15, -0.1) is 11.3 Å². The largest absolute Gasteiger partial charge is 0.465 e. The monoisotopic (exact) mass is 419 g/mol. The van der Waals surface area contributed by atoms with Crippen LogP contribution in [0.4, 0.5) is 15.1 Å². The number of benzene rings is 1. The van der Waals surface area contributed by atoms with Crippen molar-refractivity contribution in [1.29, 1.82) is 0 Å². The van der Waals surface area contributed by atoms with E-state index in [1.807, 2.05) is 13.8 Å². The molecular weight excluding hydrogens is 393 g/mol. The van der Waals surface area contributed by atoms with Crippen LogP contribution in [0.1, 0.15) is 27.7 Å². The van der Waals surface area contributed by atoms with E-state index in [4.69, 9.17) is 4.74 Å². The van der Waals surface area contributed by atoms with Crippen LogP contribution in [0.15, 0.2) is 24.3 Å². The summed E-state index contributed by atoms with van der Waals surface area (Å²) in [6.45, 7) is 7.19. The van der Waals surface area contributed by atoms with Crippen LogP contribution in [0.25, 0.3) is 0 Å². The highest BCUT2D eigenvalue weighted by molar-refractivity contribution is 7.16. The second kappa shape index (κ2) is 9.37. The molecule has 0 atom stereocenters. The number of piperazine rings is 1. The first-order chi connectivity index (χ1) is 13.9. The number of methoxy groups -OCH3 is 1. The first-order valence-electron chi connectivity index (χ1n) is 9.66. The first-order valence-corrected chi connectivity index (χ1v) is 10.5. The molecule has 1 N–H and O–H groups in total. The molecule has 1 aromatic carbocycles. The van der Waals surface area contributed by atoms with Crippen molar-refractivity contribution >= 4 is 33.9 Å². The molecule has 1 aliphatic rings. The van der Waals surface area contributed by atoms with Gasteiger partial charge in [0.25, 0.3) is 0 Å². The Hall–Kier alpha value is -2.45. The van der Waals surface area contributed by atoms with Gasteiger partial charge in [0.15, 0.2) is 0 Å². The van der Waals surface area contributed by atoms with E-state index < -0.39 is 5.97 Å². The number of hydrogen-bond acceptors (Lipinski definition) is 6. The number of carbonyl (C=O) groups excluding carboxylic acids is 2. The van der Waals surface area contributed by atoms with Crippen molar-refractivity contribution in [3.63, 3.8) is 0 Å². The number of carbonyl (C=O) groups is 2. The lowest BCUT2D eigenvalue weighted by Crippen LogP contribution is -2.48. The fourth-order valence-electron chi connectivity index (χ4n) is 3.60. The molecule has 29 heavy (non-hydrogen) atoms. The van der Waals surface area contributed by atoms with E-state index >= 15 is 0 Å². The average Bonchev–Trinajstić information content (AvgIpc) is 3.03. The van der Waals surface area contributed by atoms with Gasteiger partial charge >= 0.3 is 5.97 Å². The van der Waals surface area contributed by atoms with Gasteiger partial charge in [0.1, 0.15) is 10.8 Å². The molecule has 1 saturated heterocycles. The Morgan fingerprint density at radius 3 is 2.41 bits per heavy atom.